The Bertz CT molecular complexity index is 609. The summed E-state index contributed by atoms with van der Waals surface area (Å²) in [5.74, 6) is 0. The maximum atomic E-state index is 12.4. The summed E-state index contributed by atoms with van der Waals surface area (Å²) in [4.78, 5) is 0.360. The van der Waals surface area contributed by atoms with Crippen molar-refractivity contribution in [3.8, 4) is 0 Å². The van der Waals surface area contributed by atoms with Crippen molar-refractivity contribution in [1.29, 1.82) is 0 Å². The predicted molar refractivity (Wildman–Crippen MR) is 83.2 cm³/mol. The van der Waals surface area contributed by atoms with Gasteiger partial charge < -0.3 is 9.47 Å². The Hall–Kier alpha value is -0.950. The van der Waals surface area contributed by atoms with Crippen molar-refractivity contribution in [2.45, 2.75) is 49.7 Å². The van der Waals surface area contributed by atoms with Gasteiger partial charge in [0.1, 0.15) is 0 Å². The Kier molecular flexibility index (Phi) is 5.13. The summed E-state index contributed by atoms with van der Waals surface area (Å²) in [6.45, 7) is 1.69. The van der Waals surface area contributed by atoms with Crippen LogP contribution in [0, 0.1) is 0 Å². The van der Waals surface area contributed by atoms with Gasteiger partial charge in [-0.3, -0.25) is 0 Å². The van der Waals surface area contributed by atoms with Crippen LogP contribution in [0.4, 0.5) is 0 Å². The van der Waals surface area contributed by atoms with Crippen LogP contribution in [0.25, 0.3) is 0 Å². The molecule has 0 amide bonds. The summed E-state index contributed by atoms with van der Waals surface area (Å²) in [6.07, 6.45) is 5.50. The molecule has 1 saturated heterocycles. The summed E-state index contributed by atoms with van der Waals surface area (Å²) in [5, 5.41) is 0. The van der Waals surface area contributed by atoms with Crippen LogP contribution in [-0.2, 0) is 32.3 Å². The van der Waals surface area contributed by atoms with E-state index < -0.39 is 10.0 Å². The number of hydrogen-bond acceptors (Lipinski definition) is 4. The van der Waals surface area contributed by atoms with Crippen molar-refractivity contribution in [2.24, 2.45) is 0 Å². The SMILES string of the molecule is O=S(=O)(NCCC1OCCCO1)c1ccc2c(c1)CCCC2. The lowest BCUT2D eigenvalue weighted by atomic mass is 9.92. The van der Waals surface area contributed by atoms with E-state index in [4.69, 9.17) is 9.47 Å². The van der Waals surface area contributed by atoms with E-state index >= 15 is 0 Å². The molecular weight excluding hydrogens is 302 g/mol. The molecule has 1 fully saturated rings. The van der Waals surface area contributed by atoms with E-state index in [1.54, 1.807) is 6.07 Å². The first-order valence-corrected chi connectivity index (χ1v) is 9.48. The highest BCUT2D eigenvalue weighted by Crippen LogP contribution is 2.24. The lowest BCUT2D eigenvalue weighted by molar-refractivity contribution is -0.180. The van der Waals surface area contributed by atoms with Gasteiger partial charge in [-0.1, -0.05) is 6.07 Å². The third kappa shape index (κ3) is 3.87. The largest absolute Gasteiger partial charge is 0.353 e. The number of aryl methyl sites for hydroxylation is 2. The Morgan fingerprint density at radius 1 is 1.05 bits per heavy atom. The van der Waals surface area contributed by atoms with Crippen LogP contribution >= 0.6 is 0 Å². The van der Waals surface area contributed by atoms with Crippen LogP contribution < -0.4 is 4.72 Å². The quantitative estimate of drug-likeness (QED) is 0.899. The van der Waals surface area contributed by atoms with Crippen molar-refractivity contribution in [1.82, 2.24) is 4.72 Å². The maximum Gasteiger partial charge on any atom is 0.240 e. The second kappa shape index (κ2) is 7.08. The Balaban J connectivity index is 1.60. The highest BCUT2D eigenvalue weighted by molar-refractivity contribution is 7.89. The van der Waals surface area contributed by atoms with E-state index in [-0.39, 0.29) is 6.29 Å². The molecule has 3 rings (SSSR count). The number of hydrogen-bond donors (Lipinski definition) is 1. The number of benzene rings is 1. The molecule has 0 unspecified atom stereocenters. The third-order valence-electron chi connectivity index (χ3n) is 4.20. The number of ether oxygens (including phenoxy) is 2. The average Bonchev–Trinajstić information content (AvgIpc) is 2.55. The first kappa shape index (κ1) is 15.9. The molecular formula is C16H23NO4S. The topological polar surface area (TPSA) is 64.6 Å². The molecule has 0 atom stereocenters. The molecule has 1 N–H and O–H groups in total. The van der Waals surface area contributed by atoms with Gasteiger partial charge in [-0.25, -0.2) is 13.1 Å². The maximum absolute atomic E-state index is 12.4. The van der Waals surface area contributed by atoms with Crippen LogP contribution in [0.2, 0.25) is 0 Å². The molecule has 0 aromatic heterocycles. The Labute approximate surface area is 132 Å². The van der Waals surface area contributed by atoms with Gasteiger partial charge in [-0.2, -0.15) is 0 Å². The normalized spacial score (nSPS) is 19.8. The summed E-state index contributed by atoms with van der Waals surface area (Å²) >= 11 is 0. The van der Waals surface area contributed by atoms with Crippen molar-refractivity contribution < 1.29 is 17.9 Å². The zero-order valence-electron chi connectivity index (χ0n) is 12.7. The van der Waals surface area contributed by atoms with Crippen LogP contribution in [0.15, 0.2) is 23.1 Å². The first-order chi connectivity index (χ1) is 10.6. The van der Waals surface area contributed by atoms with Gasteiger partial charge in [0.05, 0.1) is 18.1 Å². The molecule has 122 valence electrons. The van der Waals surface area contributed by atoms with E-state index in [1.165, 1.54) is 17.5 Å². The molecule has 0 radical (unpaired) electrons. The predicted octanol–water partition coefficient (Wildman–Crippen LogP) is 2.00. The van der Waals surface area contributed by atoms with Gasteiger partial charge in [-0.15, -0.1) is 0 Å². The molecule has 5 nitrogen and oxygen atoms in total. The monoisotopic (exact) mass is 325 g/mol. The molecule has 1 heterocycles. The molecule has 0 spiro atoms. The van der Waals surface area contributed by atoms with Crippen LogP contribution in [0.1, 0.15) is 36.8 Å². The summed E-state index contributed by atoms with van der Waals surface area (Å²) in [5.41, 5.74) is 2.46. The molecule has 1 aliphatic carbocycles. The lowest BCUT2D eigenvalue weighted by Crippen LogP contribution is -2.31. The van der Waals surface area contributed by atoms with Crippen LogP contribution in [0.5, 0.6) is 0 Å². The second-order valence-corrected chi connectivity index (χ2v) is 7.62. The first-order valence-electron chi connectivity index (χ1n) is 8.00. The Morgan fingerprint density at radius 2 is 1.77 bits per heavy atom. The minimum Gasteiger partial charge on any atom is -0.353 e. The fourth-order valence-corrected chi connectivity index (χ4v) is 4.07. The highest BCUT2D eigenvalue weighted by atomic mass is 32.2. The minimum atomic E-state index is -3.46. The van der Waals surface area contributed by atoms with Gasteiger partial charge in [0.15, 0.2) is 6.29 Å². The van der Waals surface area contributed by atoms with Gasteiger partial charge in [0, 0.05) is 13.0 Å². The molecule has 1 aromatic carbocycles. The molecule has 2 aliphatic rings. The van der Waals surface area contributed by atoms with Crippen molar-refractivity contribution >= 4 is 10.0 Å². The van der Waals surface area contributed by atoms with E-state index in [1.807, 2.05) is 12.1 Å². The van der Waals surface area contributed by atoms with Crippen LogP contribution in [0.3, 0.4) is 0 Å². The number of nitrogens with one attached hydrogen (secondary N) is 1. The molecule has 0 saturated carbocycles. The fourth-order valence-electron chi connectivity index (χ4n) is 2.97. The molecule has 1 aliphatic heterocycles. The number of sulfonamides is 1. The van der Waals surface area contributed by atoms with Gasteiger partial charge in [0.25, 0.3) is 0 Å². The number of fused-ring (bicyclic) bond motifs is 1. The molecule has 22 heavy (non-hydrogen) atoms. The molecule has 6 heteroatoms. The second-order valence-electron chi connectivity index (χ2n) is 5.85. The number of rotatable bonds is 5. The van der Waals surface area contributed by atoms with Crippen LogP contribution in [-0.4, -0.2) is 34.5 Å². The van der Waals surface area contributed by atoms with Crippen molar-refractivity contribution in [3.63, 3.8) is 0 Å². The zero-order valence-corrected chi connectivity index (χ0v) is 13.5. The minimum absolute atomic E-state index is 0.292. The third-order valence-corrected chi connectivity index (χ3v) is 5.66. The zero-order chi connectivity index (χ0) is 15.4. The molecule has 0 bridgehead atoms. The van der Waals surface area contributed by atoms with E-state index in [2.05, 4.69) is 4.72 Å². The summed E-state index contributed by atoms with van der Waals surface area (Å²) in [7, 11) is -3.46. The fraction of sp³-hybridized carbons (Fsp3) is 0.625. The van der Waals surface area contributed by atoms with Gasteiger partial charge >= 0.3 is 0 Å². The summed E-state index contributed by atoms with van der Waals surface area (Å²) in [6, 6.07) is 5.49. The van der Waals surface area contributed by atoms with Crippen molar-refractivity contribution in [2.75, 3.05) is 19.8 Å². The van der Waals surface area contributed by atoms with Gasteiger partial charge in [0.2, 0.25) is 10.0 Å². The van der Waals surface area contributed by atoms with E-state index in [0.29, 0.717) is 31.1 Å². The standard InChI is InChI=1S/C16H23NO4S/c18-22(19,17-9-8-16-20-10-3-11-21-16)15-7-6-13-4-1-2-5-14(13)12-15/h6-7,12,16-17H,1-5,8-11H2. The smallest absolute Gasteiger partial charge is 0.240 e. The average molecular weight is 325 g/mol. The lowest BCUT2D eigenvalue weighted by Gasteiger charge is -2.23. The van der Waals surface area contributed by atoms with E-state index in [0.717, 1.165) is 25.7 Å². The van der Waals surface area contributed by atoms with Crippen molar-refractivity contribution in [3.05, 3.63) is 29.3 Å². The Morgan fingerprint density at radius 3 is 2.55 bits per heavy atom. The van der Waals surface area contributed by atoms with Gasteiger partial charge in [-0.05, 0) is 55.4 Å². The van der Waals surface area contributed by atoms with E-state index in [9.17, 15) is 8.42 Å². The molecule has 1 aromatic rings. The highest BCUT2D eigenvalue weighted by Gasteiger charge is 2.19. The summed E-state index contributed by atoms with van der Waals surface area (Å²) < 4.78 is 38.2.